The number of rotatable bonds is 1. The minimum absolute atomic E-state index is 0.0614. The molecular weight excluding hydrogens is 242 g/mol. The van der Waals surface area contributed by atoms with Gasteiger partial charge in [0.15, 0.2) is 0 Å². The summed E-state index contributed by atoms with van der Waals surface area (Å²) in [5.41, 5.74) is 7.65. The van der Waals surface area contributed by atoms with Crippen LogP contribution < -0.4 is 5.73 Å². The molecule has 5 heteroatoms. The van der Waals surface area contributed by atoms with Crippen LogP contribution in [0.1, 0.15) is 23.0 Å². The van der Waals surface area contributed by atoms with Crippen molar-refractivity contribution in [1.82, 2.24) is 0 Å². The van der Waals surface area contributed by atoms with E-state index in [0.29, 0.717) is 11.3 Å². The second kappa shape index (κ2) is 5.59. The van der Waals surface area contributed by atoms with Gasteiger partial charge in [-0.2, -0.15) is 0 Å². The zero-order chi connectivity index (χ0) is 13.0. The number of aromatic carboxylic acids is 1. The van der Waals surface area contributed by atoms with Crippen molar-refractivity contribution in [2.75, 3.05) is 11.6 Å². The quantitative estimate of drug-likeness (QED) is 0.606. The first kappa shape index (κ1) is 13.4. The number of anilines is 1. The van der Waals surface area contributed by atoms with Crippen molar-refractivity contribution in [1.29, 1.82) is 0 Å². The van der Waals surface area contributed by atoms with Gasteiger partial charge in [0.05, 0.1) is 0 Å². The molecule has 17 heavy (non-hydrogen) atoms. The van der Waals surface area contributed by atoms with Gasteiger partial charge >= 0.3 is 5.97 Å². The third-order valence-electron chi connectivity index (χ3n) is 2.04. The van der Waals surface area contributed by atoms with E-state index in [4.69, 9.17) is 26.9 Å². The molecule has 0 amide bonds. The van der Waals surface area contributed by atoms with Crippen molar-refractivity contribution in [2.24, 2.45) is 0 Å². The van der Waals surface area contributed by atoms with Crippen LogP contribution in [0.15, 0.2) is 22.6 Å². The maximum atomic E-state index is 10.6. The zero-order valence-corrected chi connectivity index (χ0v) is 10.4. The van der Waals surface area contributed by atoms with Crippen molar-refractivity contribution >= 4 is 34.2 Å². The van der Waals surface area contributed by atoms with Crippen LogP contribution >= 0.6 is 11.6 Å². The number of nitrogens with two attached hydrogens (primary N) is 1. The molecule has 0 bridgehead atoms. The van der Waals surface area contributed by atoms with Crippen LogP contribution in [-0.4, -0.2) is 17.0 Å². The summed E-state index contributed by atoms with van der Waals surface area (Å²) in [5, 5.41) is 9.44. The molecule has 0 radical (unpaired) electrons. The number of carboxylic acid groups (broad SMARTS) is 1. The van der Waals surface area contributed by atoms with E-state index in [-0.39, 0.29) is 5.76 Å². The summed E-state index contributed by atoms with van der Waals surface area (Å²) in [5.74, 6) is -0.409. The van der Waals surface area contributed by atoms with Crippen LogP contribution in [0.2, 0.25) is 0 Å². The Labute approximate surface area is 104 Å². The number of alkyl halides is 1. The lowest BCUT2D eigenvalue weighted by atomic mass is 10.1. The molecule has 92 valence electrons. The van der Waals surface area contributed by atoms with E-state index in [1.807, 2.05) is 13.8 Å². The number of carboxylic acids is 1. The summed E-state index contributed by atoms with van der Waals surface area (Å²) in [6.07, 6.45) is 0. The Morgan fingerprint density at radius 2 is 2.06 bits per heavy atom. The van der Waals surface area contributed by atoms with Crippen molar-refractivity contribution in [3.8, 4) is 0 Å². The van der Waals surface area contributed by atoms with E-state index in [1.165, 1.54) is 6.07 Å². The lowest BCUT2D eigenvalue weighted by Gasteiger charge is -1.96. The Balaban J connectivity index is 0.000000437. The van der Waals surface area contributed by atoms with Gasteiger partial charge in [-0.3, -0.25) is 0 Å². The summed E-state index contributed by atoms with van der Waals surface area (Å²) in [4.78, 5) is 10.6. The highest BCUT2D eigenvalue weighted by Crippen LogP contribution is 2.25. The van der Waals surface area contributed by atoms with Crippen LogP contribution in [0.3, 0.4) is 0 Å². The van der Waals surface area contributed by atoms with Crippen molar-refractivity contribution in [3.05, 3.63) is 29.5 Å². The van der Waals surface area contributed by atoms with Gasteiger partial charge in [0.25, 0.3) is 0 Å². The Morgan fingerprint density at radius 1 is 1.47 bits per heavy atom. The molecule has 0 saturated carbocycles. The zero-order valence-electron chi connectivity index (χ0n) is 9.66. The molecule has 2 rings (SSSR count). The largest absolute Gasteiger partial charge is 0.475 e. The monoisotopic (exact) mass is 255 g/mol. The third-order valence-corrected chi connectivity index (χ3v) is 2.04. The third kappa shape index (κ3) is 3.14. The summed E-state index contributed by atoms with van der Waals surface area (Å²) < 4.78 is 5.16. The maximum Gasteiger partial charge on any atom is 0.371 e. The molecule has 0 spiro atoms. The molecule has 1 aromatic heterocycles. The first-order valence-corrected chi connectivity index (χ1v) is 5.62. The van der Waals surface area contributed by atoms with Gasteiger partial charge in [-0.1, -0.05) is 6.92 Å². The topological polar surface area (TPSA) is 76.5 Å². The van der Waals surface area contributed by atoms with Gasteiger partial charge in [0, 0.05) is 17.0 Å². The Morgan fingerprint density at radius 3 is 2.59 bits per heavy atom. The number of hydrogen-bond acceptors (Lipinski definition) is 3. The predicted octanol–water partition coefficient (Wildman–Crippen LogP) is 3.27. The van der Waals surface area contributed by atoms with Crippen molar-refractivity contribution < 1.29 is 14.3 Å². The molecule has 0 unspecified atom stereocenters. The van der Waals surface area contributed by atoms with Gasteiger partial charge < -0.3 is 15.3 Å². The van der Waals surface area contributed by atoms with Crippen LogP contribution in [0.25, 0.3) is 11.0 Å². The first-order chi connectivity index (χ1) is 7.99. The van der Waals surface area contributed by atoms with Crippen LogP contribution in [0, 0.1) is 6.92 Å². The van der Waals surface area contributed by atoms with Crippen LogP contribution in [0.5, 0.6) is 0 Å². The summed E-state index contributed by atoms with van der Waals surface area (Å²) in [7, 11) is 0. The van der Waals surface area contributed by atoms with E-state index in [9.17, 15) is 4.79 Å². The first-order valence-electron chi connectivity index (χ1n) is 5.08. The van der Waals surface area contributed by atoms with Gasteiger partial charge in [0.2, 0.25) is 5.76 Å². The SMILES string of the molecule is CCCl.Cc1cc(N)cc2cc(C(=O)O)oc12. The van der Waals surface area contributed by atoms with Gasteiger partial charge in [-0.15, -0.1) is 11.6 Å². The number of aryl methyl sites for hydroxylation is 1. The fourth-order valence-corrected chi connectivity index (χ4v) is 1.46. The number of hydrogen-bond donors (Lipinski definition) is 2. The van der Waals surface area contributed by atoms with Gasteiger partial charge in [-0.05, 0) is 30.7 Å². The van der Waals surface area contributed by atoms with E-state index >= 15 is 0 Å². The smallest absolute Gasteiger partial charge is 0.371 e. The number of halogens is 1. The lowest BCUT2D eigenvalue weighted by Crippen LogP contribution is -1.91. The number of benzene rings is 1. The molecule has 0 saturated heterocycles. The van der Waals surface area contributed by atoms with E-state index in [1.54, 1.807) is 12.1 Å². The normalized spacial score (nSPS) is 9.82. The number of nitrogen functional groups attached to an aromatic ring is 1. The van der Waals surface area contributed by atoms with Crippen LogP contribution in [0.4, 0.5) is 5.69 Å². The summed E-state index contributed by atoms with van der Waals surface area (Å²) >= 11 is 5.00. The molecular formula is C12H14ClNO3. The van der Waals surface area contributed by atoms with Gasteiger partial charge in [0.1, 0.15) is 5.58 Å². The average Bonchev–Trinajstić information content (AvgIpc) is 2.62. The maximum absolute atomic E-state index is 10.6. The highest BCUT2D eigenvalue weighted by molar-refractivity contribution is 6.17. The second-order valence-electron chi connectivity index (χ2n) is 3.44. The molecule has 1 heterocycles. The number of fused-ring (bicyclic) bond motifs is 1. The fourth-order valence-electron chi connectivity index (χ4n) is 1.46. The molecule has 2 aromatic rings. The highest BCUT2D eigenvalue weighted by Gasteiger charge is 2.11. The Kier molecular flexibility index (Phi) is 4.40. The summed E-state index contributed by atoms with van der Waals surface area (Å²) in [6.45, 7) is 3.72. The minimum atomic E-state index is -1.07. The number of furan rings is 1. The molecule has 1 aromatic carbocycles. The highest BCUT2D eigenvalue weighted by atomic mass is 35.5. The Hall–Kier alpha value is -1.68. The molecule has 0 aliphatic carbocycles. The molecule has 0 aliphatic rings. The molecule has 0 fully saturated rings. The fraction of sp³-hybridized carbons (Fsp3) is 0.250. The molecule has 3 N–H and O–H groups in total. The predicted molar refractivity (Wildman–Crippen MR) is 68.7 cm³/mol. The molecule has 0 aliphatic heterocycles. The van der Waals surface area contributed by atoms with Crippen molar-refractivity contribution in [3.63, 3.8) is 0 Å². The lowest BCUT2D eigenvalue weighted by molar-refractivity contribution is 0.0665. The van der Waals surface area contributed by atoms with Crippen LogP contribution in [-0.2, 0) is 0 Å². The second-order valence-corrected chi connectivity index (χ2v) is 3.97. The minimum Gasteiger partial charge on any atom is -0.475 e. The van der Waals surface area contributed by atoms with Crippen molar-refractivity contribution in [2.45, 2.75) is 13.8 Å². The van der Waals surface area contributed by atoms with E-state index in [0.717, 1.165) is 16.8 Å². The van der Waals surface area contributed by atoms with E-state index < -0.39 is 5.97 Å². The molecule has 0 atom stereocenters. The average molecular weight is 256 g/mol. The van der Waals surface area contributed by atoms with Gasteiger partial charge in [-0.25, -0.2) is 4.79 Å². The summed E-state index contributed by atoms with van der Waals surface area (Å²) in [6, 6.07) is 4.91. The Bertz CT molecular complexity index is 534. The standard InChI is InChI=1S/C10H9NO3.C2H5Cl/c1-5-2-7(11)3-6-4-8(10(12)13)14-9(5)6;1-2-3/h2-4H,11H2,1H3,(H,12,13);2H2,1H3. The number of carbonyl (C=O) groups is 1. The van der Waals surface area contributed by atoms with E-state index in [2.05, 4.69) is 0 Å². The molecule has 4 nitrogen and oxygen atoms in total.